The van der Waals surface area contributed by atoms with Crippen molar-refractivity contribution >= 4 is 51.9 Å². The smallest absolute Gasteiger partial charge is 0.271 e. The van der Waals surface area contributed by atoms with Gasteiger partial charge in [-0.05, 0) is 104 Å². The van der Waals surface area contributed by atoms with Crippen LogP contribution in [-0.2, 0) is 18.0 Å². The number of aryl methyl sites for hydroxylation is 2. The van der Waals surface area contributed by atoms with E-state index < -0.39 is 0 Å². The molecule has 0 atom stereocenters. The van der Waals surface area contributed by atoms with Crippen LogP contribution in [0.4, 0.5) is 11.4 Å². The van der Waals surface area contributed by atoms with Gasteiger partial charge in [0.15, 0.2) is 28.2 Å². The summed E-state index contributed by atoms with van der Waals surface area (Å²) >= 11 is 8.14. The fourth-order valence-electron chi connectivity index (χ4n) is 5.24. The number of hydrogen-bond acceptors (Lipinski definition) is 7. The lowest BCUT2D eigenvalue weighted by atomic mass is 10.1. The van der Waals surface area contributed by atoms with E-state index in [1.54, 1.807) is 18.1 Å². The van der Waals surface area contributed by atoms with E-state index in [4.69, 9.17) is 35.5 Å². The zero-order valence-corrected chi connectivity index (χ0v) is 29.9. The number of amidine groups is 1. The minimum Gasteiger partial charge on any atom is -0.493 e. The summed E-state index contributed by atoms with van der Waals surface area (Å²) in [5.74, 6) is 1.94. The largest absolute Gasteiger partial charge is 0.493 e. The monoisotopic (exact) mass is 704 g/mol. The molecule has 0 radical (unpaired) electrons. The summed E-state index contributed by atoms with van der Waals surface area (Å²) in [7, 11) is 1.61. The maximum Gasteiger partial charge on any atom is 0.271 e. The summed E-state index contributed by atoms with van der Waals surface area (Å²) in [4.78, 5) is 20.9. The Bertz CT molecular complexity index is 2030. The van der Waals surface area contributed by atoms with E-state index in [-0.39, 0.29) is 12.5 Å². The molecule has 0 unspecified atom stereocenters. The van der Waals surface area contributed by atoms with Crippen LogP contribution in [0.25, 0.3) is 6.08 Å². The molecular formula is C41H37ClN2O5S. The number of amides is 1. The third kappa shape index (κ3) is 8.33. The lowest BCUT2D eigenvalue weighted by molar-refractivity contribution is -0.113. The van der Waals surface area contributed by atoms with Crippen molar-refractivity contribution in [3.63, 3.8) is 0 Å². The highest BCUT2D eigenvalue weighted by Crippen LogP contribution is 2.41. The van der Waals surface area contributed by atoms with Gasteiger partial charge in [0, 0.05) is 0 Å². The summed E-state index contributed by atoms with van der Waals surface area (Å²) in [6.07, 6.45) is 1.81. The number of rotatable bonds is 12. The first-order chi connectivity index (χ1) is 24.3. The number of thioether (sulfide) groups is 1. The summed E-state index contributed by atoms with van der Waals surface area (Å²) < 4.78 is 23.8. The normalized spacial score (nSPS) is 14.3. The summed E-state index contributed by atoms with van der Waals surface area (Å²) in [5.41, 5.74) is 6.37. The third-order valence-corrected chi connectivity index (χ3v) is 9.08. The number of benzene rings is 5. The molecular weight excluding hydrogens is 668 g/mol. The number of aliphatic imine (C=N–C) groups is 1. The van der Waals surface area contributed by atoms with E-state index in [0.717, 1.165) is 33.6 Å². The number of methoxy groups -OCH3 is 1. The molecule has 6 rings (SSSR count). The van der Waals surface area contributed by atoms with Gasteiger partial charge >= 0.3 is 0 Å². The van der Waals surface area contributed by atoms with Gasteiger partial charge in [0.1, 0.15) is 13.2 Å². The van der Waals surface area contributed by atoms with Crippen molar-refractivity contribution in [2.24, 2.45) is 4.99 Å². The van der Waals surface area contributed by atoms with Crippen LogP contribution in [0.2, 0.25) is 5.02 Å². The Morgan fingerprint density at radius 3 is 2.16 bits per heavy atom. The SMILES string of the molecule is CCOc1cc(/C=C2/SC(=Nc3ccc(C)cc3)N(c3ccc(C)cc3)C2=O)cc(Cl)c1OCc1ccc(OCc2ccccc2)c(OC)c1. The quantitative estimate of drug-likeness (QED) is 0.120. The maximum absolute atomic E-state index is 13.9. The van der Waals surface area contributed by atoms with Crippen LogP contribution in [0.3, 0.4) is 0 Å². The molecule has 5 aromatic carbocycles. The molecule has 254 valence electrons. The number of nitrogens with zero attached hydrogens (tertiary/aromatic N) is 2. The molecule has 5 aromatic rings. The number of ether oxygens (including phenoxy) is 4. The van der Waals surface area contributed by atoms with Gasteiger partial charge < -0.3 is 18.9 Å². The van der Waals surface area contributed by atoms with E-state index in [9.17, 15) is 4.79 Å². The van der Waals surface area contributed by atoms with E-state index >= 15 is 0 Å². The van der Waals surface area contributed by atoms with Gasteiger partial charge in [0.25, 0.3) is 5.91 Å². The molecule has 1 aliphatic rings. The average molecular weight is 705 g/mol. The van der Waals surface area contributed by atoms with Gasteiger partial charge in [0.05, 0.1) is 35.0 Å². The Hall–Kier alpha value is -5.18. The summed E-state index contributed by atoms with van der Waals surface area (Å²) in [6, 6.07) is 34.9. The molecule has 0 bridgehead atoms. The first-order valence-corrected chi connectivity index (χ1v) is 17.4. The van der Waals surface area contributed by atoms with Crippen molar-refractivity contribution in [1.29, 1.82) is 0 Å². The molecule has 9 heteroatoms. The first kappa shape index (κ1) is 34.7. The highest BCUT2D eigenvalue weighted by atomic mass is 35.5. The van der Waals surface area contributed by atoms with Gasteiger partial charge in [-0.25, -0.2) is 4.99 Å². The minimum atomic E-state index is -0.177. The second-order valence-corrected chi connectivity index (χ2v) is 13.0. The highest BCUT2D eigenvalue weighted by Gasteiger charge is 2.35. The molecule has 0 saturated carbocycles. The van der Waals surface area contributed by atoms with Crippen LogP contribution < -0.4 is 23.8 Å². The topological polar surface area (TPSA) is 69.6 Å². The van der Waals surface area contributed by atoms with Crippen LogP contribution in [-0.4, -0.2) is 24.8 Å². The number of halogens is 1. The third-order valence-electron chi connectivity index (χ3n) is 7.84. The predicted octanol–water partition coefficient (Wildman–Crippen LogP) is 10.3. The standard InChI is InChI=1S/C41H37ClN2O5S/c1-5-47-37-23-31(21-34(42)39(37)49-26-30-15-20-35(36(22-30)46-4)48-25-29-9-7-6-8-10-29)24-38-40(45)44(33-18-13-28(3)14-19-33)41(50-38)43-32-16-11-27(2)12-17-32/h6-24H,5,25-26H2,1-4H3/b38-24+,43-41?. The minimum absolute atomic E-state index is 0.177. The molecule has 0 N–H and O–H groups in total. The van der Waals surface area contributed by atoms with Crippen LogP contribution in [0.15, 0.2) is 119 Å². The van der Waals surface area contributed by atoms with Crippen molar-refractivity contribution in [3.05, 3.63) is 147 Å². The molecule has 0 aromatic heterocycles. The molecule has 1 heterocycles. The number of carbonyl (C=O) groups excluding carboxylic acids is 1. The average Bonchev–Trinajstić information content (AvgIpc) is 3.42. The van der Waals surface area contributed by atoms with Crippen LogP contribution >= 0.6 is 23.4 Å². The van der Waals surface area contributed by atoms with Gasteiger partial charge in [-0.1, -0.05) is 83.4 Å². The Morgan fingerprint density at radius 2 is 1.46 bits per heavy atom. The van der Waals surface area contributed by atoms with Crippen LogP contribution in [0, 0.1) is 13.8 Å². The first-order valence-electron chi connectivity index (χ1n) is 16.2. The van der Waals surface area contributed by atoms with E-state index in [2.05, 4.69) is 0 Å². The van der Waals surface area contributed by atoms with Gasteiger partial charge in [0.2, 0.25) is 0 Å². The van der Waals surface area contributed by atoms with Crippen molar-refractivity contribution in [2.45, 2.75) is 34.0 Å². The maximum atomic E-state index is 13.9. The predicted molar refractivity (Wildman–Crippen MR) is 203 cm³/mol. The molecule has 1 saturated heterocycles. The molecule has 0 aliphatic carbocycles. The molecule has 1 amide bonds. The number of anilines is 1. The Labute approximate surface area is 302 Å². The van der Waals surface area contributed by atoms with Gasteiger partial charge in [-0.3, -0.25) is 9.69 Å². The van der Waals surface area contributed by atoms with Gasteiger partial charge in [-0.15, -0.1) is 0 Å². The second kappa shape index (κ2) is 16.0. The van der Waals surface area contributed by atoms with Crippen LogP contribution in [0.1, 0.15) is 34.7 Å². The fraction of sp³-hybridized carbons (Fsp3) is 0.171. The number of hydrogen-bond donors (Lipinski definition) is 0. The van der Waals surface area contributed by atoms with E-state index in [1.165, 1.54) is 11.8 Å². The highest BCUT2D eigenvalue weighted by molar-refractivity contribution is 8.19. The lowest BCUT2D eigenvalue weighted by Gasteiger charge is -2.16. The molecule has 1 fully saturated rings. The van der Waals surface area contributed by atoms with Crippen molar-refractivity contribution in [1.82, 2.24) is 0 Å². The zero-order valence-electron chi connectivity index (χ0n) is 28.3. The lowest BCUT2D eigenvalue weighted by Crippen LogP contribution is -2.28. The molecule has 0 spiro atoms. The Morgan fingerprint density at radius 1 is 0.760 bits per heavy atom. The second-order valence-electron chi connectivity index (χ2n) is 11.6. The molecule has 50 heavy (non-hydrogen) atoms. The summed E-state index contributed by atoms with van der Waals surface area (Å²) in [5, 5.41) is 0.925. The van der Waals surface area contributed by atoms with Crippen molar-refractivity contribution < 1.29 is 23.7 Å². The van der Waals surface area contributed by atoms with Crippen molar-refractivity contribution in [3.8, 4) is 23.0 Å². The Balaban J connectivity index is 1.23. The van der Waals surface area contributed by atoms with Crippen molar-refractivity contribution in [2.75, 3.05) is 18.6 Å². The zero-order chi connectivity index (χ0) is 35.0. The van der Waals surface area contributed by atoms with E-state index in [0.29, 0.717) is 56.9 Å². The fourth-order valence-corrected chi connectivity index (χ4v) is 6.51. The number of carbonyl (C=O) groups is 1. The van der Waals surface area contributed by atoms with Gasteiger partial charge in [-0.2, -0.15) is 0 Å². The van der Waals surface area contributed by atoms with Crippen LogP contribution in [0.5, 0.6) is 23.0 Å². The molecule has 1 aliphatic heterocycles. The molecule has 7 nitrogen and oxygen atoms in total. The summed E-state index contributed by atoms with van der Waals surface area (Å²) in [6.45, 7) is 6.98. The Kier molecular flexibility index (Phi) is 11.1. The van der Waals surface area contributed by atoms with E-state index in [1.807, 2.05) is 130 Å².